The molecule has 2 aliphatic heterocycles. The lowest BCUT2D eigenvalue weighted by Crippen LogP contribution is -2.97. The van der Waals surface area contributed by atoms with Crippen LogP contribution in [0.4, 0.5) is 0 Å². The first-order valence-electron chi connectivity index (χ1n) is 38.9. The van der Waals surface area contributed by atoms with E-state index < -0.39 is 239 Å². The summed E-state index contributed by atoms with van der Waals surface area (Å²) in [5.41, 5.74) is 2.00. The van der Waals surface area contributed by atoms with Crippen molar-refractivity contribution in [3.8, 4) is 5.75 Å². The van der Waals surface area contributed by atoms with Crippen molar-refractivity contribution in [3.05, 3.63) is 65.2 Å². The van der Waals surface area contributed by atoms with Gasteiger partial charge in [0.1, 0.15) is 17.8 Å². The Morgan fingerprint density at radius 3 is 1.33 bits per heavy atom. The fourth-order valence-electron chi connectivity index (χ4n) is 17.8. The molecular formula is C41H53B59N5O9. The summed E-state index contributed by atoms with van der Waals surface area (Å²) < 4.78 is 6.02. The maximum atomic E-state index is 14.7. The summed E-state index contributed by atoms with van der Waals surface area (Å²) in [5, 5.41) is 20.0. The first-order chi connectivity index (χ1) is 53.4. The van der Waals surface area contributed by atoms with E-state index in [-0.39, 0.29) is 37.1 Å². The molecule has 2 aromatic rings. The average molecular weight is 1400 g/mol. The summed E-state index contributed by atoms with van der Waals surface area (Å²) >= 11 is 0. The van der Waals surface area contributed by atoms with Gasteiger partial charge < -0.3 is 36.0 Å². The molecule has 3 aliphatic rings. The van der Waals surface area contributed by atoms with Crippen molar-refractivity contribution in [2.75, 3.05) is 13.2 Å². The minimum absolute atomic E-state index is 0.0855. The molecule has 73 heteroatoms. The fraction of sp³-hybridized carbons (Fsp3) is 0.537. The first kappa shape index (κ1) is 105. The molecule has 4 atom stereocenters. The second-order valence-electron chi connectivity index (χ2n) is 31.1. The first-order valence-corrected chi connectivity index (χ1v) is 38.9. The zero-order valence-electron chi connectivity index (χ0n) is 65.5. The third-order valence-electron chi connectivity index (χ3n) is 22.9. The van der Waals surface area contributed by atoms with E-state index in [0.29, 0.717) is 37.2 Å². The van der Waals surface area contributed by atoms with Gasteiger partial charge in [-0.25, -0.2) is 4.79 Å². The second kappa shape index (κ2) is 51.0. The molecule has 0 aromatic heterocycles. The SMILES string of the molecule is CCC[C@H](NC(=O)[C@@H]1Cc2ccc3cc2CN1C(=O)[C@H](C1CCCCC1)NC(=O)CCCCCCO3)C(=O)C(=O)NCC(=O)N[C@H](C(=O)O)c1ccccc1.[B][B]B([B])B(B(B([B])[B])B([B])[B])B(B(B(B([B])[B])B([B])[B])B(B([B])[B])B([B])[B])B(B(B(B([B])[B])B([B])[B])B(B([B])[B])B([B])[B])B(B(B([B])[B])B([B])[B])B(B([B])[B])B([B])[B]. The summed E-state index contributed by atoms with van der Waals surface area (Å²) in [7, 11) is 198. The Morgan fingerprint density at radius 1 is 0.518 bits per heavy atom. The summed E-state index contributed by atoms with van der Waals surface area (Å²) in [6.07, 6.45) is -30.2. The minimum atomic E-state index is -1.47. The number of benzene rings is 2. The Morgan fingerprint density at radius 2 is 0.921 bits per heavy atom. The van der Waals surface area contributed by atoms with Crippen LogP contribution in [-0.2, 0) is 46.5 Å². The summed E-state index contributed by atoms with van der Waals surface area (Å²) in [4.78, 5) is 94.6. The molecule has 5 N–H and O–H groups in total. The second-order valence-corrected chi connectivity index (χ2v) is 31.1. The molecule has 0 unspecified atom stereocenters. The molecule has 1 saturated carbocycles. The maximum Gasteiger partial charge on any atom is 0.330 e. The van der Waals surface area contributed by atoms with Crippen LogP contribution >= 0.6 is 0 Å². The van der Waals surface area contributed by atoms with E-state index >= 15 is 0 Å². The van der Waals surface area contributed by atoms with Crippen LogP contribution in [0.1, 0.15) is 107 Å². The number of rotatable bonds is 40. The van der Waals surface area contributed by atoms with Crippen LogP contribution in [0.2, 0.25) is 0 Å². The van der Waals surface area contributed by atoms with Crippen molar-refractivity contribution in [3.63, 3.8) is 0 Å². The number of fused-ring (bicyclic) bond motifs is 2. The number of ketones is 1. The third kappa shape index (κ3) is 29.7. The number of carboxylic acid groups (broad SMARTS) is 1. The fourth-order valence-corrected chi connectivity index (χ4v) is 17.8. The van der Waals surface area contributed by atoms with Gasteiger partial charge >= 0.3 is 5.97 Å². The molecule has 0 saturated heterocycles. The Bertz CT molecular complexity index is 3130. The highest BCUT2D eigenvalue weighted by Crippen LogP contribution is 2.33. The van der Waals surface area contributed by atoms with Gasteiger partial charge in [-0.05, 0) is 66.8 Å². The van der Waals surface area contributed by atoms with Gasteiger partial charge in [-0.1, -0.05) is 81.8 Å². The van der Waals surface area contributed by atoms with E-state index in [1.54, 1.807) is 37.3 Å². The van der Waals surface area contributed by atoms with Crippen LogP contribution in [0.25, 0.3) is 0 Å². The van der Waals surface area contributed by atoms with Crippen molar-refractivity contribution in [2.24, 2.45) is 5.92 Å². The summed E-state index contributed by atoms with van der Waals surface area (Å²) in [5.74, 6) is -4.81. The van der Waals surface area contributed by atoms with Gasteiger partial charge in [0, 0.05) is 437 Å². The smallest absolute Gasteiger partial charge is 0.330 e. The Labute approximate surface area is 734 Å². The van der Waals surface area contributed by atoms with Crippen LogP contribution in [0, 0.1) is 5.92 Å². The van der Waals surface area contributed by atoms with Crippen molar-refractivity contribution in [2.45, 2.75) is 121 Å². The lowest BCUT2D eigenvalue weighted by atomic mass is 8.23. The number of carbonyl (C=O) groups excluding carboxylic acids is 6. The molecule has 2 aromatic carbocycles. The number of hydrogen-bond acceptors (Lipinski definition) is 8. The largest absolute Gasteiger partial charge is 0.494 e. The molecule has 3 bridgehead atoms. The Hall–Kier alpha value is -1.44. The van der Waals surface area contributed by atoms with E-state index in [1.165, 1.54) is 4.90 Å². The van der Waals surface area contributed by atoms with E-state index in [0.717, 1.165) is 69.6 Å². The van der Waals surface area contributed by atoms with Crippen LogP contribution in [-0.4, -0.2) is 501 Å². The predicted molar refractivity (Wildman–Crippen MR) is 541 cm³/mol. The Kier molecular flexibility index (Phi) is 46.9. The van der Waals surface area contributed by atoms with E-state index in [9.17, 15) is 38.7 Å². The highest BCUT2D eigenvalue weighted by molar-refractivity contribution is 8.37. The molecule has 14 nitrogen and oxygen atoms in total. The molecule has 0 spiro atoms. The maximum absolute atomic E-state index is 14.7. The lowest BCUT2D eigenvalue weighted by molar-refractivity contribution is -0.147. The van der Waals surface area contributed by atoms with E-state index in [4.69, 9.17) is 237 Å². The number of ether oxygens (including phenoxy) is 1. The molecule has 473 valence electrons. The number of nitrogens with one attached hydrogen (secondary N) is 4. The minimum Gasteiger partial charge on any atom is -0.494 e. The van der Waals surface area contributed by atoms with Crippen LogP contribution in [0.5, 0.6) is 5.75 Å². The molecule has 61 radical (unpaired) electrons. The topological polar surface area (TPSA) is 200 Å². The molecule has 2 heterocycles. The predicted octanol–water partition coefficient (Wildman–Crippen LogP) is -19.2. The number of carbonyl (C=O) groups is 7. The van der Waals surface area contributed by atoms with Gasteiger partial charge in [0.2, 0.25) is 29.4 Å². The number of Topliss-reactive ketones (excluding diaryl/α,β-unsaturated/α-hetero) is 1. The number of aliphatic carboxylic acids is 1. The molecule has 1 fully saturated rings. The summed E-state index contributed by atoms with van der Waals surface area (Å²) in [6.45, 7) is 1.72. The quantitative estimate of drug-likeness (QED) is 0.0318. The number of amides is 5. The van der Waals surface area contributed by atoms with Gasteiger partial charge in [-0.3, -0.25) is 28.8 Å². The van der Waals surface area contributed by atoms with Crippen molar-refractivity contribution >= 4 is 459 Å². The van der Waals surface area contributed by atoms with Crippen molar-refractivity contribution in [1.82, 2.24) is 26.2 Å². The normalized spacial score (nSPS) is 15.0. The highest BCUT2D eigenvalue weighted by atomic mass is 16.5. The van der Waals surface area contributed by atoms with Gasteiger partial charge in [0.25, 0.3) is 5.91 Å². The average Bonchev–Trinajstić information content (AvgIpc) is 0.725. The molecule has 5 amide bonds. The molecule has 5 rings (SSSR count). The van der Waals surface area contributed by atoms with Crippen LogP contribution < -0.4 is 26.0 Å². The zero-order valence-corrected chi connectivity index (χ0v) is 65.5. The van der Waals surface area contributed by atoms with Gasteiger partial charge in [0.15, 0.2) is 6.04 Å². The van der Waals surface area contributed by atoms with Crippen LogP contribution in [0.15, 0.2) is 48.5 Å². The number of nitrogens with zero attached hydrogens (tertiary/aromatic N) is 1. The van der Waals surface area contributed by atoms with Gasteiger partial charge in [-0.15, -0.1) is 0 Å². The number of hydrogen-bond donors (Lipinski definition) is 5. The van der Waals surface area contributed by atoms with E-state index in [1.807, 2.05) is 18.2 Å². The monoisotopic (exact) mass is 1410 g/mol. The highest BCUT2D eigenvalue weighted by Gasteiger charge is 2.62. The van der Waals surface area contributed by atoms with Crippen molar-refractivity contribution in [1.29, 1.82) is 0 Å². The Balaban J connectivity index is 0.000000481. The molecule has 114 heavy (non-hydrogen) atoms. The van der Waals surface area contributed by atoms with Crippen LogP contribution in [0.3, 0.4) is 0 Å². The third-order valence-corrected chi connectivity index (χ3v) is 22.9. The standard InChI is InChI=1S/C41H53N5O9.B59/c1-2-13-31(37(49)39(51)42-24-34(48)45-36(41(53)54)27-16-9-6-10-17-27)43-38(50)32-23-28-19-20-30-22-29(28)25-46(32)40(52)35(26-14-7-5-8-15-26)44-33(47)18-11-3-4-12-21-55-30;1-31-46(30)54(47(32(2)3)33(4)5)58(55(48(34(6)7)35(8)9)49(36(10)11)37(12)13)59(56(50(38(14)15)39(16)17)51(40(18)19)41(20)21)57(52(42(22)23)43(24)25)53(44(26)27)45(28)29/h6,9-10,16-17,19-20,22,26,31-32,35-36H,2-5,7-8,11-15,18,21,23-25H2,1H3,(H,42,51)(H,43,50)(H,44,47)(H,45,48)(H,53,54);/t31-,32-,35-,36-;/m0./s1. The van der Waals surface area contributed by atoms with Gasteiger partial charge in [0.05, 0.1) is 19.2 Å². The van der Waals surface area contributed by atoms with Gasteiger partial charge in [-0.2, -0.15) is 0 Å². The summed E-state index contributed by atoms with van der Waals surface area (Å²) in [6, 6.07) is 9.19. The van der Waals surface area contributed by atoms with E-state index in [2.05, 4.69) is 21.3 Å². The lowest BCUT2D eigenvalue weighted by Gasteiger charge is -2.58. The zero-order chi connectivity index (χ0) is 86.2. The molecule has 1 aliphatic carbocycles. The number of carboxylic acids is 1. The van der Waals surface area contributed by atoms with Crippen molar-refractivity contribution < 1.29 is 43.4 Å². The molecular weight excluding hydrogens is 1340 g/mol.